The van der Waals surface area contributed by atoms with Gasteiger partial charge in [-0.3, -0.25) is 0 Å². The molecule has 0 radical (unpaired) electrons. The molecule has 0 aliphatic carbocycles. The Hall–Kier alpha value is 0.0200. The predicted octanol–water partition coefficient (Wildman–Crippen LogP) is 1.52. The van der Waals surface area contributed by atoms with Crippen LogP contribution in [-0.4, -0.2) is 5.54 Å². The highest BCUT2D eigenvalue weighted by Gasteiger charge is 2.03. The third kappa shape index (κ3) is 4.02. The lowest BCUT2D eigenvalue weighted by Crippen LogP contribution is -2.06. The van der Waals surface area contributed by atoms with Crippen LogP contribution >= 0.6 is 0 Å². The molecule has 0 N–H and O–H groups in total. The van der Waals surface area contributed by atoms with Crippen molar-refractivity contribution in [3.05, 3.63) is 0 Å². The zero-order valence-electron chi connectivity index (χ0n) is 4.36. The summed E-state index contributed by atoms with van der Waals surface area (Å²) in [5, 5.41) is 0. The van der Waals surface area contributed by atoms with Crippen molar-refractivity contribution < 1.29 is 0 Å². The van der Waals surface area contributed by atoms with Gasteiger partial charge in [0.25, 0.3) is 0 Å². The Bertz CT molecular complexity index is 53.1. The number of rotatable bonds is 0. The van der Waals surface area contributed by atoms with Crippen molar-refractivity contribution in [2.45, 2.75) is 26.3 Å². The van der Waals surface area contributed by atoms with Gasteiger partial charge in [-0.05, 0) is 20.8 Å². The van der Waals surface area contributed by atoms with E-state index in [1.807, 2.05) is 20.8 Å². The number of hydrogen-bond donors (Lipinski definition) is 0. The van der Waals surface area contributed by atoms with Crippen molar-refractivity contribution >= 4 is 12.4 Å². The first-order chi connectivity index (χ1) is 2.56. The van der Waals surface area contributed by atoms with Crippen molar-refractivity contribution in [2.75, 3.05) is 0 Å². The molecule has 36 valence electrons. The van der Waals surface area contributed by atoms with Gasteiger partial charge in [-0.1, -0.05) is 0 Å². The highest BCUT2D eigenvalue weighted by atomic mass is 32.1. The second-order valence-electron chi connectivity index (χ2n) is 2.26. The number of hydrogen-bond acceptors (Lipinski definition) is 2. The van der Waals surface area contributed by atoms with Gasteiger partial charge in [0.15, 0.2) is 0 Å². The SMILES string of the molecule is CC(C)(C)N=S. The van der Waals surface area contributed by atoms with Crippen LogP contribution in [0.3, 0.4) is 0 Å². The normalized spacial score (nSPS) is 11.2. The first kappa shape index (κ1) is 6.02. The zero-order chi connectivity index (χ0) is 5.21. The van der Waals surface area contributed by atoms with Gasteiger partial charge in [-0.25, -0.2) is 4.36 Å². The number of nitrogens with zero attached hydrogens (tertiary/aromatic N) is 1. The van der Waals surface area contributed by atoms with E-state index in [1.165, 1.54) is 0 Å². The Labute approximate surface area is 43.9 Å². The minimum Gasteiger partial charge on any atom is -0.214 e. The van der Waals surface area contributed by atoms with E-state index in [1.54, 1.807) is 0 Å². The smallest absolute Gasteiger partial charge is 0.0654 e. The molecule has 0 saturated carbocycles. The second kappa shape index (κ2) is 1.65. The van der Waals surface area contributed by atoms with Crippen molar-refractivity contribution in [1.29, 1.82) is 0 Å². The highest BCUT2D eigenvalue weighted by Crippen LogP contribution is 2.02. The molecule has 0 unspecified atom stereocenters. The minimum atomic E-state index is -0.0185. The van der Waals surface area contributed by atoms with Crippen molar-refractivity contribution in [1.82, 2.24) is 0 Å². The lowest BCUT2D eigenvalue weighted by molar-refractivity contribution is 0.594. The van der Waals surface area contributed by atoms with Crippen LogP contribution in [0.25, 0.3) is 0 Å². The first-order valence-corrected chi connectivity index (χ1v) is 2.27. The summed E-state index contributed by atoms with van der Waals surface area (Å²) in [6.45, 7) is 5.92. The van der Waals surface area contributed by atoms with Gasteiger partial charge in [-0.15, -0.1) is 0 Å². The molecule has 6 heavy (non-hydrogen) atoms. The Kier molecular flexibility index (Phi) is 1.65. The summed E-state index contributed by atoms with van der Waals surface area (Å²) < 4.78 is 3.60. The van der Waals surface area contributed by atoms with E-state index < -0.39 is 0 Å². The summed E-state index contributed by atoms with van der Waals surface area (Å²) in [6.07, 6.45) is 0. The fourth-order valence-corrected chi connectivity index (χ4v) is 0. The molecule has 0 bridgehead atoms. The van der Waals surface area contributed by atoms with E-state index in [0.29, 0.717) is 0 Å². The molecule has 1 nitrogen and oxygen atoms in total. The molecule has 0 amide bonds. The van der Waals surface area contributed by atoms with Gasteiger partial charge in [0, 0.05) is 12.4 Å². The fourth-order valence-electron chi connectivity index (χ4n) is 0. The largest absolute Gasteiger partial charge is 0.214 e. The molecule has 0 rings (SSSR count). The van der Waals surface area contributed by atoms with Crippen LogP contribution in [0.1, 0.15) is 20.8 Å². The topological polar surface area (TPSA) is 12.4 Å². The van der Waals surface area contributed by atoms with Crippen LogP contribution in [-0.2, 0) is 12.4 Å². The average molecular weight is 103 g/mol. The Morgan fingerprint density at radius 1 is 1.33 bits per heavy atom. The molecule has 2 heteroatoms. The molecule has 0 fully saturated rings. The van der Waals surface area contributed by atoms with E-state index in [9.17, 15) is 0 Å². The van der Waals surface area contributed by atoms with Crippen LogP contribution in [0.5, 0.6) is 0 Å². The first-order valence-electron chi connectivity index (χ1n) is 1.91. The molecule has 0 spiro atoms. The summed E-state index contributed by atoms with van der Waals surface area (Å²) in [5.41, 5.74) is -0.0185. The summed E-state index contributed by atoms with van der Waals surface area (Å²) >= 11 is 4.41. The van der Waals surface area contributed by atoms with E-state index in [2.05, 4.69) is 16.8 Å². The standard InChI is InChI=1S/C4H9NS/c1-4(2,3)5-6/h1-3H3. The van der Waals surface area contributed by atoms with E-state index in [0.717, 1.165) is 0 Å². The summed E-state index contributed by atoms with van der Waals surface area (Å²) in [4.78, 5) is 0. The summed E-state index contributed by atoms with van der Waals surface area (Å²) in [7, 11) is 0. The van der Waals surface area contributed by atoms with Crippen LogP contribution < -0.4 is 0 Å². The van der Waals surface area contributed by atoms with E-state index in [-0.39, 0.29) is 5.54 Å². The molecule has 0 aromatic heterocycles. The van der Waals surface area contributed by atoms with Crippen LogP contribution in [0.4, 0.5) is 0 Å². The van der Waals surface area contributed by atoms with Gasteiger partial charge >= 0.3 is 0 Å². The second-order valence-corrected chi connectivity index (χ2v) is 2.44. The average Bonchev–Trinajstić information content (AvgIpc) is 1.35. The van der Waals surface area contributed by atoms with Crippen LogP contribution in [0, 0.1) is 0 Å². The molecular weight excluding hydrogens is 94.1 g/mol. The van der Waals surface area contributed by atoms with Crippen LogP contribution in [0.15, 0.2) is 4.36 Å². The molecule has 0 aliphatic heterocycles. The Morgan fingerprint density at radius 2 is 1.50 bits per heavy atom. The van der Waals surface area contributed by atoms with Gasteiger partial charge < -0.3 is 0 Å². The maximum atomic E-state index is 4.41. The monoisotopic (exact) mass is 103 g/mol. The summed E-state index contributed by atoms with van der Waals surface area (Å²) in [5.74, 6) is 0. The Balaban J connectivity index is 3.45. The van der Waals surface area contributed by atoms with E-state index in [4.69, 9.17) is 0 Å². The van der Waals surface area contributed by atoms with Gasteiger partial charge in [0.05, 0.1) is 5.54 Å². The van der Waals surface area contributed by atoms with Gasteiger partial charge in [0.1, 0.15) is 0 Å². The van der Waals surface area contributed by atoms with Crippen LogP contribution in [0.2, 0.25) is 0 Å². The maximum absolute atomic E-state index is 4.41. The molecule has 0 atom stereocenters. The molecule has 0 aliphatic rings. The third-order valence-electron chi connectivity index (χ3n) is 0.274. The van der Waals surface area contributed by atoms with Crippen molar-refractivity contribution in [3.63, 3.8) is 0 Å². The molecule has 0 aromatic carbocycles. The van der Waals surface area contributed by atoms with Gasteiger partial charge in [-0.2, -0.15) is 0 Å². The van der Waals surface area contributed by atoms with E-state index >= 15 is 0 Å². The Morgan fingerprint density at radius 3 is 1.50 bits per heavy atom. The molecule has 0 saturated heterocycles. The lowest BCUT2D eigenvalue weighted by atomic mass is 10.1. The third-order valence-corrected chi connectivity index (χ3v) is 0.822. The predicted molar refractivity (Wildman–Crippen MR) is 29.5 cm³/mol. The van der Waals surface area contributed by atoms with Crippen molar-refractivity contribution in [3.8, 4) is 0 Å². The minimum absolute atomic E-state index is 0.0185. The summed E-state index contributed by atoms with van der Waals surface area (Å²) in [6, 6.07) is 0. The highest BCUT2D eigenvalue weighted by molar-refractivity contribution is 7.47. The van der Waals surface area contributed by atoms with Crippen molar-refractivity contribution in [2.24, 2.45) is 4.36 Å². The maximum Gasteiger partial charge on any atom is 0.0654 e. The zero-order valence-corrected chi connectivity index (χ0v) is 5.17. The molecular formula is C4H9NS. The van der Waals surface area contributed by atoms with Gasteiger partial charge in [0.2, 0.25) is 0 Å². The molecule has 0 heterocycles. The lowest BCUT2D eigenvalue weighted by Gasteiger charge is -2.05. The quantitative estimate of drug-likeness (QED) is 0.452. The molecule has 0 aromatic rings. The fraction of sp³-hybridized carbons (Fsp3) is 1.00.